The summed E-state index contributed by atoms with van der Waals surface area (Å²) in [6, 6.07) is 19.7. The number of hydrogen-bond donors (Lipinski definition) is 0. The molecule has 3 heteroatoms. The van der Waals surface area contributed by atoms with Gasteiger partial charge in [0.2, 0.25) is 0 Å². The van der Waals surface area contributed by atoms with Gasteiger partial charge in [0.25, 0.3) is 5.82 Å². The number of nitrogens with zero attached hydrogens (tertiary/aromatic N) is 2. The number of rotatable bonds is 5. The van der Waals surface area contributed by atoms with Gasteiger partial charge < -0.3 is 4.42 Å². The summed E-state index contributed by atoms with van der Waals surface area (Å²) in [6.45, 7) is 10.1. The van der Waals surface area contributed by atoms with E-state index in [1.165, 1.54) is 44.5 Å². The van der Waals surface area contributed by atoms with Crippen molar-refractivity contribution < 1.29 is 8.98 Å². The molecule has 33 heavy (non-hydrogen) atoms. The van der Waals surface area contributed by atoms with Gasteiger partial charge in [-0.25, -0.2) is 4.57 Å². The van der Waals surface area contributed by atoms with Gasteiger partial charge in [-0.15, -0.1) is 0 Å². The highest BCUT2D eigenvalue weighted by atomic mass is 16.3. The van der Waals surface area contributed by atoms with E-state index in [9.17, 15) is 0 Å². The summed E-state index contributed by atoms with van der Waals surface area (Å²) in [7, 11) is 0. The van der Waals surface area contributed by atoms with Crippen LogP contribution in [-0.4, -0.2) is 4.57 Å². The Morgan fingerprint density at radius 1 is 0.909 bits per heavy atom. The quantitative estimate of drug-likeness (QED) is 0.265. The summed E-state index contributed by atoms with van der Waals surface area (Å²) in [5, 5.41) is 2.50. The average Bonchev–Trinajstić information content (AvgIpc) is 3.45. The average molecular weight is 436 g/mol. The van der Waals surface area contributed by atoms with Crippen LogP contribution >= 0.6 is 0 Å². The van der Waals surface area contributed by atoms with Gasteiger partial charge in [-0.3, -0.25) is 0 Å². The molecule has 1 aliphatic heterocycles. The molecule has 0 radical (unpaired) electrons. The first-order chi connectivity index (χ1) is 16.0. The van der Waals surface area contributed by atoms with Crippen molar-refractivity contribution in [3.05, 3.63) is 83.7 Å². The number of imidazole rings is 1. The zero-order valence-electron chi connectivity index (χ0n) is 19.9. The molecule has 0 aliphatic carbocycles. The van der Waals surface area contributed by atoms with Gasteiger partial charge in [-0.05, 0) is 42.4 Å². The highest BCUT2D eigenvalue weighted by molar-refractivity contribution is 6.10. The van der Waals surface area contributed by atoms with Gasteiger partial charge >= 0.3 is 0 Å². The van der Waals surface area contributed by atoms with Gasteiger partial charge in [0.15, 0.2) is 11.3 Å². The Morgan fingerprint density at radius 3 is 2.45 bits per heavy atom. The van der Waals surface area contributed by atoms with Crippen molar-refractivity contribution >= 4 is 21.9 Å². The summed E-state index contributed by atoms with van der Waals surface area (Å²) >= 11 is 0. The third kappa shape index (κ3) is 3.21. The number of furan rings is 1. The van der Waals surface area contributed by atoms with Crippen LogP contribution in [0.3, 0.4) is 0 Å². The molecule has 2 aromatic heterocycles. The van der Waals surface area contributed by atoms with Crippen LogP contribution in [0.5, 0.6) is 0 Å². The lowest BCUT2D eigenvalue weighted by Crippen LogP contribution is -2.30. The third-order valence-corrected chi connectivity index (χ3v) is 6.78. The molecule has 0 fully saturated rings. The summed E-state index contributed by atoms with van der Waals surface area (Å²) in [6.07, 6.45) is 6.50. The zero-order chi connectivity index (χ0) is 22.7. The SMILES string of the molecule is CC(C)Cc1cc(CC(C)C)c2c(oc3ccccc32)c1-n1cc[n+]2c1-c1ccccc1C2. The number of para-hydroxylation sites is 1. The van der Waals surface area contributed by atoms with Gasteiger partial charge in [-0.2, -0.15) is 4.57 Å². The molecule has 6 rings (SSSR count). The summed E-state index contributed by atoms with van der Waals surface area (Å²) in [4.78, 5) is 0. The monoisotopic (exact) mass is 435 g/mol. The molecule has 3 nitrogen and oxygen atoms in total. The van der Waals surface area contributed by atoms with Crippen molar-refractivity contribution in [3.8, 4) is 17.1 Å². The topological polar surface area (TPSA) is 21.9 Å². The normalized spacial score (nSPS) is 12.9. The summed E-state index contributed by atoms with van der Waals surface area (Å²) < 4.78 is 11.4. The fraction of sp³-hybridized carbons (Fsp3) is 0.300. The Kier molecular flexibility index (Phi) is 4.69. The molecule has 3 heterocycles. The molecule has 166 valence electrons. The van der Waals surface area contributed by atoms with E-state index >= 15 is 0 Å². The van der Waals surface area contributed by atoms with E-state index in [0.29, 0.717) is 11.8 Å². The van der Waals surface area contributed by atoms with Gasteiger partial charge in [0.05, 0.1) is 5.56 Å². The van der Waals surface area contributed by atoms with Crippen molar-refractivity contribution in [2.75, 3.05) is 0 Å². The van der Waals surface area contributed by atoms with Crippen LogP contribution < -0.4 is 4.57 Å². The second kappa shape index (κ2) is 7.62. The maximum absolute atomic E-state index is 6.67. The lowest BCUT2D eigenvalue weighted by Gasteiger charge is -2.15. The minimum absolute atomic E-state index is 0.557. The first-order valence-electron chi connectivity index (χ1n) is 12.2. The first kappa shape index (κ1) is 20.3. The van der Waals surface area contributed by atoms with Gasteiger partial charge in [-0.1, -0.05) is 70.2 Å². The molecule has 1 aliphatic rings. The molecule has 0 N–H and O–H groups in total. The van der Waals surface area contributed by atoms with E-state index in [1.807, 2.05) is 0 Å². The van der Waals surface area contributed by atoms with Gasteiger partial charge in [0.1, 0.15) is 24.5 Å². The number of aromatic nitrogens is 2. The lowest BCUT2D eigenvalue weighted by molar-refractivity contribution is -0.671. The van der Waals surface area contributed by atoms with Crippen LogP contribution in [0.4, 0.5) is 0 Å². The smallest absolute Gasteiger partial charge is 0.294 e. The Labute approximate surface area is 195 Å². The highest BCUT2D eigenvalue weighted by Crippen LogP contribution is 2.40. The summed E-state index contributed by atoms with van der Waals surface area (Å²) in [5.74, 6) is 2.38. The van der Waals surface area contributed by atoms with Crippen molar-refractivity contribution in [3.63, 3.8) is 0 Å². The molecular formula is C30H31N2O+. The van der Waals surface area contributed by atoms with Crippen LogP contribution in [0, 0.1) is 11.8 Å². The van der Waals surface area contributed by atoms with E-state index in [1.54, 1.807) is 0 Å². The standard InChI is InChI=1S/C30H31N2O/c1-19(2)15-22-17-23(16-20(3)4)28(29-27(22)25-11-7-8-12-26(25)33-29)32-14-13-31-18-21-9-5-6-10-24(21)30(31)32/h5-14,17,19-20H,15-16,18H2,1-4H3/q+1. The number of benzene rings is 3. The first-order valence-corrected chi connectivity index (χ1v) is 12.2. The Balaban J connectivity index is 1.72. The van der Waals surface area contributed by atoms with Crippen molar-refractivity contribution in [2.24, 2.45) is 11.8 Å². The molecule has 0 bridgehead atoms. The molecule has 3 aromatic carbocycles. The Bertz CT molecular complexity index is 1500. The predicted molar refractivity (Wildman–Crippen MR) is 135 cm³/mol. The van der Waals surface area contributed by atoms with E-state index in [2.05, 4.69) is 104 Å². The maximum Gasteiger partial charge on any atom is 0.294 e. The summed E-state index contributed by atoms with van der Waals surface area (Å²) in [5.41, 5.74) is 8.66. The minimum atomic E-state index is 0.557. The largest absolute Gasteiger partial charge is 0.452 e. The van der Waals surface area contributed by atoms with Crippen LogP contribution in [0.2, 0.25) is 0 Å². The van der Waals surface area contributed by atoms with Crippen LogP contribution in [0.25, 0.3) is 39.0 Å². The molecule has 0 amide bonds. The lowest BCUT2D eigenvalue weighted by atomic mass is 9.91. The predicted octanol–water partition coefficient (Wildman–Crippen LogP) is 7.09. The van der Waals surface area contributed by atoms with Crippen molar-refractivity contribution in [2.45, 2.75) is 47.1 Å². The molecule has 0 atom stereocenters. The van der Waals surface area contributed by atoms with Crippen LogP contribution in [0.1, 0.15) is 44.4 Å². The second-order valence-electron chi connectivity index (χ2n) is 10.3. The Hall–Kier alpha value is -3.33. The van der Waals surface area contributed by atoms with Crippen molar-refractivity contribution in [1.82, 2.24) is 4.57 Å². The molecule has 5 aromatic rings. The van der Waals surface area contributed by atoms with Crippen molar-refractivity contribution in [1.29, 1.82) is 0 Å². The fourth-order valence-electron chi connectivity index (χ4n) is 5.57. The molecule has 0 saturated heterocycles. The molecular weight excluding hydrogens is 404 g/mol. The Morgan fingerprint density at radius 2 is 1.64 bits per heavy atom. The fourth-order valence-corrected chi connectivity index (χ4v) is 5.57. The number of hydrogen-bond acceptors (Lipinski definition) is 1. The molecule has 0 saturated carbocycles. The highest BCUT2D eigenvalue weighted by Gasteiger charge is 2.33. The molecule has 0 unspecified atom stereocenters. The van der Waals surface area contributed by atoms with E-state index in [4.69, 9.17) is 4.42 Å². The third-order valence-electron chi connectivity index (χ3n) is 6.78. The zero-order valence-corrected chi connectivity index (χ0v) is 19.9. The van der Waals surface area contributed by atoms with Gasteiger partial charge in [0, 0.05) is 21.9 Å². The van der Waals surface area contributed by atoms with E-state index in [0.717, 1.165) is 30.6 Å². The van der Waals surface area contributed by atoms with E-state index < -0.39 is 0 Å². The van der Waals surface area contributed by atoms with E-state index in [-0.39, 0.29) is 0 Å². The van der Waals surface area contributed by atoms with Crippen LogP contribution in [0.15, 0.2) is 71.4 Å². The number of fused-ring (bicyclic) bond motifs is 6. The maximum atomic E-state index is 6.67. The van der Waals surface area contributed by atoms with Crippen LogP contribution in [-0.2, 0) is 19.4 Å². The minimum Gasteiger partial charge on any atom is -0.452 e. The second-order valence-corrected chi connectivity index (χ2v) is 10.3. The molecule has 0 spiro atoms.